The van der Waals surface area contributed by atoms with E-state index in [2.05, 4.69) is 28.1 Å². The Morgan fingerprint density at radius 2 is 2.15 bits per heavy atom. The van der Waals surface area contributed by atoms with E-state index >= 15 is 0 Å². The highest BCUT2D eigenvalue weighted by molar-refractivity contribution is 6.02. The van der Waals surface area contributed by atoms with Gasteiger partial charge in [0, 0.05) is 30.7 Å². The summed E-state index contributed by atoms with van der Waals surface area (Å²) in [5, 5.41) is 1.19. The van der Waals surface area contributed by atoms with Crippen LogP contribution in [0.2, 0.25) is 0 Å². The number of nitrogens with zero attached hydrogens (tertiary/aromatic N) is 1. The Balaban J connectivity index is 2.27. The van der Waals surface area contributed by atoms with Crippen molar-refractivity contribution < 1.29 is 4.79 Å². The number of rotatable bonds is 2. The molecule has 0 atom stereocenters. The zero-order valence-electron chi connectivity index (χ0n) is 11.6. The van der Waals surface area contributed by atoms with Crippen molar-refractivity contribution in [2.45, 2.75) is 6.42 Å². The van der Waals surface area contributed by atoms with Crippen molar-refractivity contribution >= 4 is 28.6 Å². The van der Waals surface area contributed by atoms with Crippen LogP contribution in [-0.2, 0) is 11.2 Å². The second kappa shape index (κ2) is 4.56. The van der Waals surface area contributed by atoms with Gasteiger partial charge in [0.15, 0.2) is 0 Å². The number of benzene rings is 1. The van der Waals surface area contributed by atoms with Crippen molar-refractivity contribution in [1.29, 1.82) is 0 Å². The fourth-order valence-electron chi connectivity index (χ4n) is 2.65. The molecule has 0 radical (unpaired) electrons. The summed E-state index contributed by atoms with van der Waals surface area (Å²) in [6.45, 7) is 0. The van der Waals surface area contributed by atoms with E-state index in [-0.39, 0.29) is 0 Å². The standard InChI is InChI=1S/C16H17N3O/c1-19(2)14-8-4-7-12-11-6-3-5-10(16(17)20)9-13(11)18-15(12)14/h3-5,7-9,18H,6H2,1-2H3,(H2,17,20). The smallest absolute Gasteiger partial charge is 0.248 e. The molecular weight excluding hydrogens is 250 g/mol. The second-order valence-electron chi connectivity index (χ2n) is 5.18. The van der Waals surface area contributed by atoms with E-state index in [1.165, 1.54) is 10.9 Å². The quantitative estimate of drug-likeness (QED) is 0.876. The molecule has 0 saturated heterocycles. The molecule has 0 fully saturated rings. The summed E-state index contributed by atoms with van der Waals surface area (Å²) >= 11 is 0. The van der Waals surface area contributed by atoms with Crippen molar-refractivity contribution in [3.8, 4) is 0 Å². The summed E-state index contributed by atoms with van der Waals surface area (Å²) in [5.41, 5.74) is 10.3. The number of carbonyl (C=O) groups is 1. The lowest BCUT2D eigenvalue weighted by atomic mass is 10.1. The Hall–Kier alpha value is -2.49. The number of amides is 1. The first-order chi connectivity index (χ1) is 9.58. The molecule has 1 aliphatic rings. The molecule has 1 aromatic carbocycles. The minimum absolute atomic E-state index is 0.402. The zero-order chi connectivity index (χ0) is 14.3. The maximum atomic E-state index is 11.4. The van der Waals surface area contributed by atoms with Crippen LogP contribution in [0.5, 0.6) is 0 Å². The molecule has 4 heteroatoms. The lowest BCUT2D eigenvalue weighted by Crippen LogP contribution is -2.12. The van der Waals surface area contributed by atoms with Crippen molar-refractivity contribution in [3.05, 3.63) is 47.2 Å². The van der Waals surface area contributed by atoms with Crippen LogP contribution < -0.4 is 10.6 Å². The third-order valence-corrected chi connectivity index (χ3v) is 3.64. The Kier molecular flexibility index (Phi) is 2.86. The summed E-state index contributed by atoms with van der Waals surface area (Å²) in [7, 11) is 4.04. The van der Waals surface area contributed by atoms with Gasteiger partial charge < -0.3 is 15.6 Å². The number of para-hydroxylation sites is 1. The third-order valence-electron chi connectivity index (χ3n) is 3.64. The molecule has 0 bridgehead atoms. The normalized spacial score (nSPS) is 13.8. The molecule has 0 aliphatic heterocycles. The van der Waals surface area contributed by atoms with Crippen molar-refractivity contribution in [2.24, 2.45) is 5.73 Å². The number of allylic oxidation sites excluding steroid dienone is 1. The van der Waals surface area contributed by atoms with E-state index in [0.717, 1.165) is 23.3 Å². The fraction of sp³-hybridized carbons (Fsp3) is 0.188. The van der Waals surface area contributed by atoms with Crippen molar-refractivity contribution in [3.63, 3.8) is 0 Å². The number of aromatic amines is 1. The van der Waals surface area contributed by atoms with Crippen LogP contribution in [0.3, 0.4) is 0 Å². The number of hydrogen-bond donors (Lipinski definition) is 2. The Morgan fingerprint density at radius 3 is 2.85 bits per heavy atom. The lowest BCUT2D eigenvalue weighted by molar-refractivity contribution is -0.114. The van der Waals surface area contributed by atoms with E-state index < -0.39 is 5.91 Å². The number of nitrogens with one attached hydrogen (secondary N) is 1. The van der Waals surface area contributed by atoms with Gasteiger partial charge in [-0.3, -0.25) is 4.79 Å². The predicted octanol–water partition coefficient (Wildman–Crippen LogP) is 2.21. The Bertz CT molecular complexity index is 750. The molecule has 1 aromatic heterocycles. The highest BCUT2D eigenvalue weighted by Crippen LogP contribution is 2.32. The van der Waals surface area contributed by atoms with Gasteiger partial charge >= 0.3 is 0 Å². The highest BCUT2D eigenvalue weighted by Gasteiger charge is 2.15. The zero-order valence-corrected chi connectivity index (χ0v) is 11.6. The maximum absolute atomic E-state index is 11.4. The Morgan fingerprint density at radius 1 is 1.35 bits per heavy atom. The van der Waals surface area contributed by atoms with Crippen LogP contribution in [0.1, 0.15) is 11.3 Å². The van der Waals surface area contributed by atoms with Gasteiger partial charge in [-0.25, -0.2) is 0 Å². The van der Waals surface area contributed by atoms with Crippen molar-refractivity contribution in [1.82, 2.24) is 4.98 Å². The SMILES string of the molecule is CN(C)c1cccc2c3c([nH]c12)C=C(C(N)=O)C=CC3. The minimum atomic E-state index is -0.402. The Labute approximate surface area is 117 Å². The van der Waals surface area contributed by atoms with Crippen LogP contribution >= 0.6 is 0 Å². The average molecular weight is 267 g/mol. The first-order valence-corrected chi connectivity index (χ1v) is 6.57. The van der Waals surface area contributed by atoms with Crippen LogP contribution in [0.25, 0.3) is 17.0 Å². The molecule has 1 aliphatic carbocycles. The molecule has 0 spiro atoms. The largest absolute Gasteiger partial charge is 0.376 e. The number of anilines is 1. The summed E-state index contributed by atoms with van der Waals surface area (Å²) in [6.07, 6.45) is 6.40. The molecule has 0 saturated carbocycles. The van der Waals surface area contributed by atoms with Gasteiger partial charge in [-0.1, -0.05) is 24.3 Å². The molecule has 3 N–H and O–H groups in total. The van der Waals surface area contributed by atoms with E-state index in [0.29, 0.717) is 5.57 Å². The molecule has 1 heterocycles. The second-order valence-corrected chi connectivity index (χ2v) is 5.18. The van der Waals surface area contributed by atoms with E-state index in [1.54, 1.807) is 6.08 Å². The summed E-state index contributed by atoms with van der Waals surface area (Å²) in [5.74, 6) is -0.402. The number of nitrogens with two attached hydrogens (primary N) is 1. The van der Waals surface area contributed by atoms with Crippen LogP contribution in [-0.4, -0.2) is 25.0 Å². The molecule has 0 unspecified atom stereocenters. The van der Waals surface area contributed by atoms with Gasteiger partial charge in [-0.05, 0) is 24.1 Å². The number of hydrogen-bond acceptors (Lipinski definition) is 2. The molecule has 3 rings (SSSR count). The number of carbonyl (C=O) groups excluding carboxylic acids is 1. The van der Waals surface area contributed by atoms with Gasteiger partial charge in [0.2, 0.25) is 5.91 Å². The number of aromatic nitrogens is 1. The summed E-state index contributed by atoms with van der Waals surface area (Å²) in [4.78, 5) is 16.9. The number of fused-ring (bicyclic) bond motifs is 3. The maximum Gasteiger partial charge on any atom is 0.248 e. The third kappa shape index (κ3) is 1.90. The van der Waals surface area contributed by atoms with Crippen LogP contribution in [0.4, 0.5) is 5.69 Å². The number of H-pyrrole nitrogens is 1. The van der Waals surface area contributed by atoms with Gasteiger partial charge in [-0.15, -0.1) is 0 Å². The molecule has 4 nitrogen and oxygen atoms in total. The molecule has 102 valence electrons. The minimum Gasteiger partial charge on any atom is -0.376 e. The van der Waals surface area contributed by atoms with E-state index in [1.807, 2.05) is 26.2 Å². The van der Waals surface area contributed by atoms with Crippen LogP contribution in [0, 0.1) is 0 Å². The van der Waals surface area contributed by atoms with Gasteiger partial charge in [0.05, 0.1) is 11.2 Å². The van der Waals surface area contributed by atoms with Crippen molar-refractivity contribution in [2.75, 3.05) is 19.0 Å². The van der Waals surface area contributed by atoms with Gasteiger partial charge in [0.25, 0.3) is 0 Å². The van der Waals surface area contributed by atoms with Crippen LogP contribution in [0.15, 0.2) is 35.9 Å². The molecule has 2 aromatic rings. The van der Waals surface area contributed by atoms with E-state index in [9.17, 15) is 4.79 Å². The summed E-state index contributed by atoms with van der Waals surface area (Å²) < 4.78 is 0. The molecule has 20 heavy (non-hydrogen) atoms. The highest BCUT2D eigenvalue weighted by atomic mass is 16.1. The number of primary amides is 1. The fourth-order valence-corrected chi connectivity index (χ4v) is 2.65. The van der Waals surface area contributed by atoms with E-state index in [4.69, 9.17) is 5.73 Å². The topological polar surface area (TPSA) is 62.1 Å². The first kappa shape index (κ1) is 12.5. The average Bonchev–Trinajstić information content (AvgIpc) is 2.61. The van der Waals surface area contributed by atoms with Gasteiger partial charge in [-0.2, -0.15) is 0 Å². The monoisotopic (exact) mass is 267 g/mol. The molecule has 1 amide bonds. The summed E-state index contributed by atoms with van der Waals surface area (Å²) in [6, 6.07) is 6.24. The van der Waals surface area contributed by atoms with Gasteiger partial charge in [0.1, 0.15) is 0 Å². The predicted molar refractivity (Wildman–Crippen MR) is 82.6 cm³/mol. The first-order valence-electron chi connectivity index (χ1n) is 6.57. The lowest BCUT2D eigenvalue weighted by Gasteiger charge is -2.13. The molecular formula is C16H17N3O.